The van der Waals surface area contributed by atoms with Crippen molar-refractivity contribution in [2.75, 3.05) is 20.1 Å². The van der Waals surface area contributed by atoms with Crippen molar-refractivity contribution in [1.82, 2.24) is 9.21 Å². The van der Waals surface area contributed by atoms with Crippen molar-refractivity contribution in [1.29, 1.82) is 0 Å². The zero-order valence-electron chi connectivity index (χ0n) is 11.2. The maximum absolute atomic E-state index is 12.2. The van der Waals surface area contributed by atoms with Gasteiger partial charge in [-0.15, -0.1) is 0 Å². The van der Waals surface area contributed by atoms with Crippen LogP contribution in [0.15, 0.2) is 0 Å². The molecule has 6 heteroatoms. The molecular weight excluding hydrogens is 240 g/mol. The second kappa shape index (κ2) is 4.57. The van der Waals surface area contributed by atoms with Crippen LogP contribution in [-0.2, 0) is 14.8 Å². The number of likely N-dealkylation sites (tertiary alicyclic amines) is 1. The SMILES string of the molecule is CC(=O)N1CC[C@@H](N(C)S(=O)(=O)C(C)(C)C)C1. The molecule has 0 bridgehead atoms. The third-order valence-corrected chi connectivity index (χ3v) is 5.88. The Labute approximate surface area is 104 Å². The van der Waals surface area contributed by atoms with E-state index in [0.717, 1.165) is 0 Å². The highest BCUT2D eigenvalue weighted by molar-refractivity contribution is 7.90. The Kier molecular flexibility index (Phi) is 3.88. The van der Waals surface area contributed by atoms with Crippen LogP contribution in [-0.4, -0.2) is 54.5 Å². The first-order valence-electron chi connectivity index (χ1n) is 5.80. The van der Waals surface area contributed by atoms with Gasteiger partial charge >= 0.3 is 0 Å². The summed E-state index contributed by atoms with van der Waals surface area (Å²) in [5.74, 6) is 0.00839. The first-order valence-corrected chi connectivity index (χ1v) is 7.24. The van der Waals surface area contributed by atoms with Gasteiger partial charge < -0.3 is 4.90 Å². The van der Waals surface area contributed by atoms with Crippen molar-refractivity contribution in [3.8, 4) is 0 Å². The van der Waals surface area contributed by atoms with Gasteiger partial charge in [-0.2, -0.15) is 4.31 Å². The highest BCUT2D eigenvalue weighted by Crippen LogP contribution is 2.24. The summed E-state index contributed by atoms with van der Waals surface area (Å²) in [6.45, 7) is 7.73. The molecule has 1 fully saturated rings. The first-order chi connectivity index (χ1) is 7.57. The molecule has 0 aromatic carbocycles. The topological polar surface area (TPSA) is 57.7 Å². The highest BCUT2D eigenvalue weighted by atomic mass is 32.2. The zero-order chi connectivity index (χ0) is 13.4. The van der Waals surface area contributed by atoms with Crippen molar-refractivity contribution in [3.05, 3.63) is 0 Å². The molecular formula is C11H22N2O3S. The van der Waals surface area contributed by atoms with E-state index < -0.39 is 14.8 Å². The Hall–Kier alpha value is -0.620. The maximum Gasteiger partial charge on any atom is 0.219 e. The molecule has 0 spiro atoms. The number of rotatable bonds is 2. The molecule has 0 aliphatic carbocycles. The van der Waals surface area contributed by atoms with Crippen molar-refractivity contribution in [2.45, 2.75) is 44.9 Å². The summed E-state index contributed by atoms with van der Waals surface area (Å²) in [7, 11) is -1.71. The van der Waals surface area contributed by atoms with Gasteiger partial charge in [-0.3, -0.25) is 4.79 Å². The summed E-state index contributed by atoms with van der Waals surface area (Å²) in [5.41, 5.74) is 0. The normalized spacial score (nSPS) is 22.2. The van der Waals surface area contributed by atoms with Gasteiger partial charge in [0.2, 0.25) is 15.9 Å². The Morgan fingerprint density at radius 3 is 2.24 bits per heavy atom. The van der Waals surface area contributed by atoms with Crippen LogP contribution >= 0.6 is 0 Å². The number of likely N-dealkylation sites (N-methyl/N-ethyl adjacent to an activating group) is 1. The van der Waals surface area contributed by atoms with E-state index in [1.54, 1.807) is 32.7 Å². The molecule has 0 saturated carbocycles. The molecule has 1 heterocycles. The number of hydrogen-bond donors (Lipinski definition) is 0. The Bertz CT molecular complexity index is 397. The summed E-state index contributed by atoms with van der Waals surface area (Å²) < 4.78 is 25.1. The van der Waals surface area contributed by atoms with Crippen molar-refractivity contribution in [2.24, 2.45) is 0 Å². The fraction of sp³-hybridized carbons (Fsp3) is 0.909. The predicted octanol–water partition coefficient (Wildman–Crippen LogP) is 0.667. The number of hydrogen-bond acceptors (Lipinski definition) is 3. The number of amides is 1. The smallest absolute Gasteiger partial charge is 0.219 e. The fourth-order valence-corrected chi connectivity index (χ4v) is 3.38. The molecule has 0 aromatic heterocycles. The number of nitrogens with zero attached hydrogens (tertiary/aromatic N) is 2. The average molecular weight is 262 g/mol. The van der Waals surface area contributed by atoms with Gasteiger partial charge in [-0.05, 0) is 27.2 Å². The Morgan fingerprint density at radius 1 is 1.35 bits per heavy atom. The zero-order valence-corrected chi connectivity index (χ0v) is 12.0. The second-order valence-electron chi connectivity index (χ2n) is 5.54. The molecule has 0 unspecified atom stereocenters. The Morgan fingerprint density at radius 2 is 1.88 bits per heavy atom. The van der Waals surface area contributed by atoms with E-state index in [0.29, 0.717) is 19.5 Å². The van der Waals surface area contributed by atoms with Crippen LogP contribution in [0.1, 0.15) is 34.1 Å². The lowest BCUT2D eigenvalue weighted by atomic mass is 10.3. The van der Waals surface area contributed by atoms with Crippen LogP contribution in [0.25, 0.3) is 0 Å². The minimum absolute atomic E-state index is 0.00839. The molecule has 1 aliphatic rings. The summed E-state index contributed by atoms with van der Waals surface area (Å²) in [6, 6.07) is -0.0943. The molecule has 0 N–H and O–H groups in total. The quantitative estimate of drug-likeness (QED) is 0.735. The van der Waals surface area contributed by atoms with E-state index in [-0.39, 0.29) is 11.9 Å². The maximum atomic E-state index is 12.2. The molecule has 1 amide bonds. The second-order valence-corrected chi connectivity index (χ2v) is 8.29. The predicted molar refractivity (Wildman–Crippen MR) is 67.1 cm³/mol. The van der Waals surface area contributed by atoms with Crippen molar-refractivity contribution >= 4 is 15.9 Å². The van der Waals surface area contributed by atoms with Crippen molar-refractivity contribution in [3.63, 3.8) is 0 Å². The van der Waals surface area contributed by atoms with Crippen LogP contribution in [0.3, 0.4) is 0 Å². The largest absolute Gasteiger partial charge is 0.341 e. The monoisotopic (exact) mass is 262 g/mol. The van der Waals surface area contributed by atoms with E-state index in [1.165, 1.54) is 11.2 Å². The molecule has 0 radical (unpaired) electrons. The van der Waals surface area contributed by atoms with Gasteiger partial charge in [0.1, 0.15) is 0 Å². The number of carbonyl (C=O) groups is 1. The van der Waals surface area contributed by atoms with Gasteiger partial charge in [0.05, 0.1) is 4.75 Å². The molecule has 5 nitrogen and oxygen atoms in total. The summed E-state index contributed by atoms with van der Waals surface area (Å²) in [6.07, 6.45) is 0.714. The minimum Gasteiger partial charge on any atom is -0.341 e. The summed E-state index contributed by atoms with van der Waals surface area (Å²) in [4.78, 5) is 12.9. The van der Waals surface area contributed by atoms with Crippen LogP contribution < -0.4 is 0 Å². The van der Waals surface area contributed by atoms with Crippen LogP contribution in [0.4, 0.5) is 0 Å². The summed E-state index contributed by atoms with van der Waals surface area (Å²) >= 11 is 0. The van der Waals surface area contributed by atoms with Gasteiger partial charge in [-0.1, -0.05) is 0 Å². The molecule has 1 saturated heterocycles. The highest BCUT2D eigenvalue weighted by Gasteiger charge is 2.39. The van der Waals surface area contributed by atoms with E-state index in [4.69, 9.17) is 0 Å². The molecule has 0 aromatic rings. The fourth-order valence-electron chi connectivity index (χ4n) is 1.95. The van der Waals surface area contributed by atoms with Gasteiger partial charge in [0.25, 0.3) is 0 Å². The van der Waals surface area contributed by atoms with Crippen LogP contribution in [0, 0.1) is 0 Å². The standard InChI is InChI=1S/C11H22N2O3S/c1-9(14)13-7-6-10(8-13)12(5)17(15,16)11(2,3)4/h10H,6-8H2,1-5H3/t10-/m1/s1. The van der Waals surface area contributed by atoms with Crippen LogP contribution in [0.2, 0.25) is 0 Å². The Balaban J connectivity index is 2.80. The van der Waals surface area contributed by atoms with E-state index in [1.807, 2.05) is 0 Å². The van der Waals surface area contributed by atoms with Gasteiger partial charge in [0.15, 0.2) is 0 Å². The molecule has 17 heavy (non-hydrogen) atoms. The molecule has 1 aliphatic heterocycles. The summed E-state index contributed by atoms with van der Waals surface area (Å²) in [5, 5.41) is 0. The first kappa shape index (κ1) is 14.4. The third-order valence-electron chi connectivity index (χ3n) is 3.28. The van der Waals surface area contributed by atoms with Gasteiger partial charge in [0, 0.05) is 33.1 Å². The van der Waals surface area contributed by atoms with E-state index in [9.17, 15) is 13.2 Å². The third kappa shape index (κ3) is 2.80. The van der Waals surface area contributed by atoms with Crippen molar-refractivity contribution < 1.29 is 13.2 Å². The molecule has 1 atom stereocenters. The lowest BCUT2D eigenvalue weighted by molar-refractivity contribution is -0.127. The lowest BCUT2D eigenvalue weighted by Crippen LogP contribution is -2.47. The lowest BCUT2D eigenvalue weighted by Gasteiger charge is -2.31. The van der Waals surface area contributed by atoms with E-state index in [2.05, 4.69) is 0 Å². The minimum atomic E-state index is -3.31. The average Bonchev–Trinajstić information content (AvgIpc) is 2.63. The number of carbonyl (C=O) groups excluding carboxylic acids is 1. The van der Waals surface area contributed by atoms with Crippen LogP contribution in [0.5, 0.6) is 0 Å². The molecule has 100 valence electrons. The molecule has 1 rings (SSSR count). The number of sulfonamides is 1. The van der Waals surface area contributed by atoms with Gasteiger partial charge in [-0.25, -0.2) is 8.42 Å². The van der Waals surface area contributed by atoms with E-state index >= 15 is 0 Å².